The predicted molar refractivity (Wildman–Crippen MR) is 125 cm³/mol. The Morgan fingerprint density at radius 1 is 1.23 bits per heavy atom. The van der Waals surface area contributed by atoms with Gasteiger partial charge in [-0.15, -0.1) is 0 Å². The number of piperidine rings is 1. The van der Waals surface area contributed by atoms with E-state index < -0.39 is 5.97 Å². The maximum Gasteiger partial charge on any atom is 0.335 e. The molecule has 3 rings (SSSR count). The third-order valence-corrected chi connectivity index (χ3v) is 6.68. The predicted octanol–water partition coefficient (Wildman–Crippen LogP) is 4.52. The van der Waals surface area contributed by atoms with Crippen molar-refractivity contribution >= 4 is 5.97 Å². The summed E-state index contributed by atoms with van der Waals surface area (Å²) in [7, 11) is 4.15. The lowest BCUT2D eigenvalue weighted by Gasteiger charge is -2.45. The quantitative estimate of drug-likeness (QED) is 0.600. The summed E-state index contributed by atoms with van der Waals surface area (Å²) < 4.78 is 5.84. The zero-order valence-electron chi connectivity index (χ0n) is 19.3. The van der Waals surface area contributed by atoms with E-state index >= 15 is 0 Å². The first kappa shape index (κ1) is 23.3. The summed E-state index contributed by atoms with van der Waals surface area (Å²) in [4.78, 5) is 16.0. The van der Waals surface area contributed by atoms with E-state index in [4.69, 9.17) is 4.74 Å². The van der Waals surface area contributed by atoms with Crippen molar-refractivity contribution in [2.24, 2.45) is 5.92 Å². The van der Waals surface area contributed by atoms with E-state index in [9.17, 15) is 9.90 Å². The molecule has 2 aromatic carbocycles. The number of rotatable bonds is 9. The molecule has 0 bridgehead atoms. The standard InChI is InChI=1S/C26H36N2O3/c1-20-18-28(15-13-26(20,2)23-8-5-7-22(17-23)25(29)30)19-21-9-11-24(12-10-21)31-16-6-14-27(3)4/h5,7-12,17,20H,6,13-16,18-19H2,1-4H3,(H,29,30)/t20-,26+/m0/s1. The van der Waals surface area contributed by atoms with Crippen molar-refractivity contribution in [1.82, 2.24) is 9.80 Å². The number of carboxylic acids is 1. The van der Waals surface area contributed by atoms with Gasteiger partial charge in [-0.25, -0.2) is 4.79 Å². The molecule has 2 aromatic rings. The average Bonchev–Trinajstić information content (AvgIpc) is 2.75. The molecule has 31 heavy (non-hydrogen) atoms. The van der Waals surface area contributed by atoms with Gasteiger partial charge in [0.05, 0.1) is 12.2 Å². The van der Waals surface area contributed by atoms with Gasteiger partial charge in [0.15, 0.2) is 0 Å². The van der Waals surface area contributed by atoms with E-state index in [2.05, 4.69) is 68.1 Å². The second-order valence-electron chi connectivity index (χ2n) is 9.34. The number of carboxylic acid groups (broad SMARTS) is 1. The van der Waals surface area contributed by atoms with Crippen LogP contribution in [0.15, 0.2) is 48.5 Å². The van der Waals surface area contributed by atoms with E-state index in [-0.39, 0.29) is 5.41 Å². The molecular weight excluding hydrogens is 388 g/mol. The second-order valence-corrected chi connectivity index (χ2v) is 9.34. The molecule has 2 atom stereocenters. The normalized spacial score (nSPS) is 21.9. The number of benzene rings is 2. The number of nitrogens with zero attached hydrogens (tertiary/aromatic N) is 2. The van der Waals surface area contributed by atoms with Gasteiger partial charge in [-0.3, -0.25) is 4.90 Å². The Labute approximate surface area is 186 Å². The molecule has 168 valence electrons. The van der Waals surface area contributed by atoms with Gasteiger partial charge in [-0.1, -0.05) is 38.1 Å². The van der Waals surface area contributed by atoms with E-state index in [1.165, 1.54) is 5.56 Å². The van der Waals surface area contributed by atoms with Crippen molar-refractivity contribution in [3.8, 4) is 5.75 Å². The van der Waals surface area contributed by atoms with Crippen molar-refractivity contribution in [1.29, 1.82) is 0 Å². The van der Waals surface area contributed by atoms with Crippen LogP contribution >= 0.6 is 0 Å². The third-order valence-electron chi connectivity index (χ3n) is 6.68. The van der Waals surface area contributed by atoms with Crippen molar-refractivity contribution < 1.29 is 14.6 Å². The lowest BCUT2D eigenvalue weighted by Crippen LogP contribution is -2.47. The zero-order valence-corrected chi connectivity index (χ0v) is 19.3. The highest BCUT2D eigenvalue weighted by Gasteiger charge is 2.38. The van der Waals surface area contributed by atoms with Crippen LogP contribution in [0.4, 0.5) is 0 Å². The fourth-order valence-electron chi connectivity index (χ4n) is 4.42. The minimum atomic E-state index is -0.860. The minimum Gasteiger partial charge on any atom is -0.494 e. The van der Waals surface area contributed by atoms with Crippen molar-refractivity contribution in [3.05, 3.63) is 65.2 Å². The topological polar surface area (TPSA) is 53.0 Å². The Kier molecular flexibility index (Phi) is 7.74. The number of ether oxygens (including phenoxy) is 1. The summed E-state index contributed by atoms with van der Waals surface area (Å²) >= 11 is 0. The SMILES string of the molecule is C[C@H]1CN(Cc2ccc(OCCCN(C)C)cc2)CC[C@@]1(C)c1cccc(C(=O)O)c1. The summed E-state index contributed by atoms with van der Waals surface area (Å²) in [6, 6.07) is 15.9. The van der Waals surface area contributed by atoms with Crippen LogP contribution in [0.3, 0.4) is 0 Å². The molecule has 0 radical (unpaired) electrons. The molecule has 0 aliphatic carbocycles. The fourth-order valence-corrected chi connectivity index (χ4v) is 4.42. The van der Waals surface area contributed by atoms with Crippen LogP contribution in [-0.2, 0) is 12.0 Å². The van der Waals surface area contributed by atoms with Gasteiger partial charge in [0, 0.05) is 19.6 Å². The van der Waals surface area contributed by atoms with E-state index in [1.54, 1.807) is 6.07 Å². The first-order valence-electron chi connectivity index (χ1n) is 11.2. The molecule has 0 spiro atoms. The van der Waals surface area contributed by atoms with Crippen LogP contribution in [-0.4, -0.2) is 61.2 Å². The Balaban J connectivity index is 1.55. The summed E-state index contributed by atoms with van der Waals surface area (Å²) in [6.45, 7) is 9.25. The van der Waals surface area contributed by atoms with Crippen molar-refractivity contribution in [2.45, 2.75) is 38.6 Å². The number of hydrogen-bond donors (Lipinski definition) is 1. The van der Waals surface area contributed by atoms with Crippen molar-refractivity contribution in [2.75, 3.05) is 40.3 Å². The lowest BCUT2D eigenvalue weighted by atomic mass is 9.68. The maximum absolute atomic E-state index is 11.4. The van der Waals surface area contributed by atoms with Crippen LogP contribution in [0.25, 0.3) is 0 Å². The molecule has 0 aromatic heterocycles. The van der Waals surface area contributed by atoms with Crippen LogP contribution < -0.4 is 4.74 Å². The number of hydrogen-bond acceptors (Lipinski definition) is 4. The largest absolute Gasteiger partial charge is 0.494 e. The van der Waals surface area contributed by atoms with Crippen LogP contribution in [0.5, 0.6) is 5.75 Å². The molecule has 0 unspecified atom stereocenters. The number of carbonyl (C=O) groups is 1. The molecule has 0 amide bonds. The van der Waals surface area contributed by atoms with E-state index in [0.717, 1.165) is 56.9 Å². The summed E-state index contributed by atoms with van der Waals surface area (Å²) in [5, 5.41) is 9.35. The van der Waals surface area contributed by atoms with Gasteiger partial charge >= 0.3 is 5.97 Å². The first-order chi connectivity index (χ1) is 14.8. The zero-order chi connectivity index (χ0) is 22.4. The monoisotopic (exact) mass is 424 g/mol. The smallest absolute Gasteiger partial charge is 0.335 e. The van der Waals surface area contributed by atoms with Gasteiger partial charge in [0.2, 0.25) is 0 Å². The average molecular weight is 425 g/mol. The number of likely N-dealkylation sites (tertiary alicyclic amines) is 1. The van der Waals surface area contributed by atoms with Gasteiger partial charge in [0.1, 0.15) is 5.75 Å². The molecule has 0 saturated carbocycles. The summed E-state index contributed by atoms with van der Waals surface area (Å²) in [6.07, 6.45) is 2.04. The van der Waals surface area contributed by atoms with Crippen LogP contribution in [0, 0.1) is 5.92 Å². The lowest BCUT2D eigenvalue weighted by molar-refractivity contribution is 0.0696. The Bertz CT molecular complexity index is 865. The Hall–Kier alpha value is -2.37. The Morgan fingerprint density at radius 2 is 1.97 bits per heavy atom. The highest BCUT2D eigenvalue weighted by atomic mass is 16.5. The Morgan fingerprint density at radius 3 is 2.61 bits per heavy atom. The summed E-state index contributed by atoms with van der Waals surface area (Å²) in [5.74, 6) is 0.505. The van der Waals surface area contributed by atoms with Gasteiger partial charge in [-0.05, 0) is 80.2 Å². The van der Waals surface area contributed by atoms with Crippen LogP contribution in [0.2, 0.25) is 0 Å². The van der Waals surface area contributed by atoms with Gasteiger partial charge in [0.25, 0.3) is 0 Å². The van der Waals surface area contributed by atoms with E-state index in [0.29, 0.717) is 11.5 Å². The summed E-state index contributed by atoms with van der Waals surface area (Å²) in [5.41, 5.74) is 2.80. The molecule has 5 heteroatoms. The molecule has 1 fully saturated rings. The van der Waals surface area contributed by atoms with Crippen molar-refractivity contribution in [3.63, 3.8) is 0 Å². The van der Waals surface area contributed by atoms with Gasteiger partial charge in [-0.2, -0.15) is 0 Å². The van der Waals surface area contributed by atoms with Crippen LogP contribution in [0.1, 0.15) is 48.2 Å². The number of aromatic carboxylic acids is 1. The molecule has 1 aliphatic rings. The fraction of sp³-hybridized carbons (Fsp3) is 0.500. The van der Waals surface area contributed by atoms with Gasteiger partial charge < -0.3 is 14.7 Å². The molecular formula is C26H36N2O3. The molecule has 1 heterocycles. The highest BCUT2D eigenvalue weighted by molar-refractivity contribution is 5.87. The molecule has 1 aliphatic heterocycles. The van der Waals surface area contributed by atoms with E-state index in [1.807, 2.05) is 12.1 Å². The second kappa shape index (κ2) is 10.3. The first-order valence-corrected chi connectivity index (χ1v) is 11.2. The maximum atomic E-state index is 11.4. The molecule has 1 N–H and O–H groups in total. The molecule has 5 nitrogen and oxygen atoms in total. The highest BCUT2D eigenvalue weighted by Crippen LogP contribution is 2.40. The molecule has 1 saturated heterocycles. The minimum absolute atomic E-state index is 0.00772. The third kappa shape index (κ3) is 6.08.